The number of hydrogen-bond donors (Lipinski definition) is 0. The van der Waals surface area contributed by atoms with Crippen molar-refractivity contribution >= 4 is 11.8 Å². The van der Waals surface area contributed by atoms with Crippen LogP contribution in [0.15, 0.2) is 30.6 Å². The Morgan fingerprint density at radius 2 is 1.84 bits per heavy atom. The zero-order valence-electron chi connectivity index (χ0n) is 18.0. The topological polar surface area (TPSA) is 117 Å². The molecule has 10 heteroatoms. The van der Waals surface area contributed by atoms with Crippen LogP contribution in [-0.4, -0.2) is 45.1 Å². The molecule has 0 radical (unpaired) electrons. The zero-order chi connectivity index (χ0) is 22.6. The number of likely N-dealkylation sites (tertiary alicyclic amines) is 1. The SMILES string of the molecule is COc1ncnc(Oc2ccc(C3CCCCN3C(=O)OC(C)(C)C)cc2)c1[N+](=O)[O-]. The predicted molar refractivity (Wildman–Crippen MR) is 111 cm³/mol. The molecule has 1 amide bonds. The number of ether oxygens (including phenoxy) is 3. The van der Waals surface area contributed by atoms with E-state index in [-0.39, 0.29) is 23.9 Å². The average molecular weight is 430 g/mol. The fourth-order valence-corrected chi connectivity index (χ4v) is 3.41. The third-order valence-electron chi connectivity index (χ3n) is 4.74. The maximum Gasteiger partial charge on any atom is 0.410 e. The summed E-state index contributed by atoms with van der Waals surface area (Å²) in [4.78, 5) is 32.7. The van der Waals surface area contributed by atoms with Crippen LogP contribution in [0.25, 0.3) is 0 Å². The number of amides is 1. The first-order valence-corrected chi connectivity index (χ1v) is 10.0. The highest BCUT2D eigenvalue weighted by molar-refractivity contribution is 5.69. The maximum atomic E-state index is 12.7. The van der Waals surface area contributed by atoms with Crippen molar-refractivity contribution < 1.29 is 23.9 Å². The largest absolute Gasteiger partial charge is 0.476 e. The van der Waals surface area contributed by atoms with Gasteiger partial charge in [-0.2, -0.15) is 9.97 Å². The minimum atomic E-state index is -0.650. The molecule has 1 aromatic heterocycles. The van der Waals surface area contributed by atoms with Gasteiger partial charge in [0, 0.05) is 6.54 Å². The number of carbonyl (C=O) groups is 1. The Kier molecular flexibility index (Phi) is 6.57. The Balaban J connectivity index is 1.80. The molecule has 2 aromatic rings. The fourth-order valence-electron chi connectivity index (χ4n) is 3.41. The first-order valence-electron chi connectivity index (χ1n) is 10.0. The van der Waals surface area contributed by atoms with Crippen molar-refractivity contribution in [2.24, 2.45) is 0 Å². The molecule has 3 rings (SSSR count). The van der Waals surface area contributed by atoms with E-state index in [1.165, 1.54) is 7.11 Å². The van der Waals surface area contributed by atoms with Crippen molar-refractivity contribution in [1.29, 1.82) is 0 Å². The number of nitro groups is 1. The second-order valence-corrected chi connectivity index (χ2v) is 8.15. The lowest BCUT2D eigenvalue weighted by Crippen LogP contribution is -2.41. The second-order valence-electron chi connectivity index (χ2n) is 8.15. The number of aromatic nitrogens is 2. The van der Waals surface area contributed by atoms with E-state index < -0.39 is 16.2 Å². The van der Waals surface area contributed by atoms with Gasteiger partial charge in [0.05, 0.1) is 18.1 Å². The predicted octanol–water partition coefficient (Wildman–Crippen LogP) is 4.65. The average Bonchev–Trinajstić information content (AvgIpc) is 2.72. The Bertz CT molecular complexity index is 942. The standard InChI is InChI=1S/C21H26N4O6/c1-21(2,3)31-20(26)24-12-6-5-7-16(24)14-8-10-15(11-9-14)30-19-17(25(27)28)18(29-4)22-13-23-19/h8-11,13,16H,5-7,12H2,1-4H3. The summed E-state index contributed by atoms with van der Waals surface area (Å²) in [5, 5.41) is 11.4. The Morgan fingerprint density at radius 3 is 2.45 bits per heavy atom. The highest BCUT2D eigenvalue weighted by atomic mass is 16.6. The van der Waals surface area contributed by atoms with Gasteiger partial charge in [0.1, 0.15) is 17.7 Å². The summed E-state index contributed by atoms with van der Waals surface area (Å²) in [7, 11) is 1.29. The van der Waals surface area contributed by atoms with Gasteiger partial charge in [0.15, 0.2) is 0 Å². The van der Waals surface area contributed by atoms with Crippen LogP contribution in [0.4, 0.5) is 10.5 Å². The number of nitrogens with zero attached hydrogens (tertiary/aromatic N) is 4. The Hall–Kier alpha value is -3.43. The first kappa shape index (κ1) is 22.3. The van der Waals surface area contributed by atoms with Gasteiger partial charge < -0.3 is 19.1 Å². The molecule has 1 aliphatic rings. The lowest BCUT2D eigenvalue weighted by molar-refractivity contribution is -0.387. The molecule has 1 unspecified atom stereocenters. The quantitative estimate of drug-likeness (QED) is 0.497. The molecule has 1 aliphatic heterocycles. The number of benzene rings is 1. The van der Waals surface area contributed by atoms with Gasteiger partial charge in [-0.05, 0) is 57.7 Å². The van der Waals surface area contributed by atoms with Crippen molar-refractivity contribution in [2.75, 3.05) is 13.7 Å². The maximum absolute atomic E-state index is 12.7. The molecule has 0 aliphatic carbocycles. The summed E-state index contributed by atoms with van der Waals surface area (Å²) < 4.78 is 16.1. The molecule has 0 spiro atoms. The van der Waals surface area contributed by atoms with Crippen molar-refractivity contribution in [3.63, 3.8) is 0 Å². The molecule has 0 saturated carbocycles. The molecular formula is C21H26N4O6. The highest BCUT2D eigenvalue weighted by Gasteiger charge is 2.31. The lowest BCUT2D eigenvalue weighted by atomic mass is 9.95. The Morgan fingerprint density at radius 1 is 1.16 bits per heavy atom. The van der Waals surface area contributed by atoms with Crippen LogP contribution in [0.1, 0.15) is 51.6 Å². The number of carbonyl (C=O) groups excluding carboxylic acids is 1. The summed E-state index contributed by atoms with van der Waals surface area (Å²) in [5.41, 5.74) is -0.0745. The van der Waals surface area contributed by atoms with Gasteiger partial charge >= 0.3 is 23.5 Å². The van der Waals surface area contributed by atoms with Gasteiger partial charge in [-0.1, -0.05) is 12.1 Å². The van der Waals surface area contributed by atoms with Crippen LogP contribution in [0.5, 0.6) is 17.5 Å². The molecule has 1 fully saturated rings. The third kappa shape index (κ3) is 5.39. The summed E-state index contributed by atoms with van der Waals surface area (Å²) in [6.07, 6.45) is 3.57. The van der Waals surface area contributed by atoms with E-state index in [0.29, 0.717) is 12.3 Å². The van der Waals surface area contributed by atoms with E-state index in [9.17, 15) is 14.9 Å². The smallest absolute Gasteiger partial charge is 0.410 e. The van der Waals surface area contributed by atoms with Gasteiger partial charge in [-0.15, -0.1) is 0 Å². The van der Waals surface area contributed by atoms with E-state index in [1.807, 2.05) is 32.9 Å². The second kappa shape index (κ2) is 9.15. The van der Waals surface area contributed by atoms with Gasteiger partial charge in [0.25, 0.3) is 0 Å². The molecule has 166 valence electrons. The van der Waals surface area contributed by atoms with E-state index in [0.717, 1.165) is 31.2 Å². The normalized spacial score (nSPS) is 16.5. The molecule has 2 heterocycles. The van der Waals surface area contributed by atoms with Crippen LogP contribution in [0.3, 0.4) is 0 Å². The Labute approximate surface area is 180 Å². The molecular weight excluding hydrogens is 404 g/mol. The summed E-state index contributed by atoms with van der Waals surface area (Å²) in [6, 6.07) is 6.96. The van der Waals surface area contributed by atoms with Crippen LogP contribution < -0.4 is 9.47 Å². The van der Waals surface area contributed by atoms with Crippen molar-refractivity contribution in [1.82, 2.24) is 14.9 Å². The van der Waals surface area contributed by atoms with Crippen molar-refractivity contribution in [3.8, 4) is 17.5 Å². The lowest BCUT2D eigenvalue weighted by Gasteiger charge is -2.37. The van der Waals surface area contributed by atoms with E-state index >= 15 is 0 Å². The molecule has 1 atom stereocenters. The highest BCUT2D eigenvalue weighted by Crippen LogP contribution is 2.37. The van der Waals surface area contributed by atoms with Crippen LogP contribution in [0.2, 0.25) is 0 Å². The monoisotopic (exact) mass is 430 g/mol. The molecule has 0 N–H and O–H groups in total. The summed E-state index contributed by atoms with van der Waals surface area (Å²) >= 11 is 0. The molecule has 10 nitrogen and oxygen atoms in total. The summed E-state index contributed by atoms with van der Waals surface area (Å²) in [6.45, 7) is 6.16. The van der Waals surface area contributed by atoms with Gasteiger partial charge in [-0.3, -0.25) is 10.1 Å². The van der Waals surface area contributed by atoms with E-state index in [2.05, 4.69) is 9.97 Å². The number of methoxy groups -OCH3 is 1. The first-order chi connectivity index (χ1) is 14.7. The van der Waals surface area contributed by atoms with Gasteiger partial charge in [-0.25, -0.2) is 4.79 Å². The fraction of sp³-hybridized carbons (Fsp3) is 0.476. The molecule has 1 aromatic carbocycles. The number of rotatable bonds is 5. The number of hydrogen-bond acceptors (Lipinski definition) is 8. The number of piperidine rings is 1. The van der Waals surface area contributed by atoms with Gasteiger partial charge in [0.2, 0.25) is 0 Å². The van der Waals surface area contributed by atoms with Crippen molar-refractivity contribution in [3.05, 3.63) is 46.3 Å². The van der Waals surface area contributed by atoms with Crippen LogP contribution >= 0.6 is 0 Å². The zero-order valence-corrected chi connectivity index (χ0v) is 18.0. The summed E-state index contributed by atoms with van der Waals surface area (Å²) in [5.74, 6) is -0.0216. The van der Waals surface area contributed by atoms with Crippen LogP contribution in [-0.2, 0) is 4.74 Å². The van der Waals surface area contributed by atoms with E-state index in [4.69, 9.17) is 14.2 Å². The molecule has 31 heavy (non-hydrogen) atoms. The molecule has 0 bridgehead atoms. The van der Waals surface area contributed by atoms with Crippen LogP contribution in [0, 0.1) is 10.1 Å². The van der Waals surface area contributed by atoms with Crippen molar-refractivity contribution in [2.45, 2.75) is 51.7 Å². The minimum absolute atomic E-state index is 0.105. The third-order valence-corrected chi connectivity index (χ3v) is 4.74. The minimum Gasteiger partial charge on any atom is -0.476 e. The molecule has 1 saturated heterocycles. The van der Waals surface area contributed by atoms with E-state index in [1.54, 1.807) is 17.0 Å².